The molecule has 1 aromatic rings. The Morgan fingerprint density at radius 2 is 1.94 bits per heavy atom. The van der Waals surface area contributed by atoms with Crippen molar-refractivity contribution in [1.29, 1.82) is 0 Å². The van der Waals surface area contributed by atoms with Gasteiger partial charge in [-0.05, 0) is 25.0 Å². The topological polar surface area (TPSA) is 64.7 Å². The van der Waals surface area contributed by atoms with Crippen molar-refractivity contribution in [3.05, 3.63) is 17.7 Å². The number of ether oxygens (including phenoxy) is 2. The van der Waals surface area contributed by atoms with Gasteiger partial charge in [-0.25, -0.2) is 0 Å². The number of phenols is 1. The molecule has 0 amide bonds. The number of methoxy groups -OCH3 is 2. The molecule has 0 radical (unpaired) electrons. The first-order valence-corrected chi connectivity index (χ1v) is 4.78. The zero-order valence-corrected chi connectivity index (χ0v) is 10.5. The Morgan fingerprint density at radius 1 is 1.31 bits per heavy atom. The summed E-state index contributed by atoms with van der Waals surface area (Å²) in [7, 11) is 3.02. The zero-order chi connectivity index (χ0) is 11.4. The first kappa shape index (κ1) is 14.9. The van der Waals surface area contributed by atoms with E-state index in [2.05, 4.69) is 0 Å². The van der Waals surface area contributed by atoms with Crippen molar-refractivity contribution in [2.24, 2.45) is 5.73 Å². The summed E-state index contributed by atoms with van der Waals surface area (Å²) >= 11 is 0. The molecule has 1 rings (SSSR count). The fourth-order valence-corrected chi connectivity index (χ4v) is 1.46. The van der Waals surface area contributed by atoms with Crippen LogP contribution in [0.25, 0.3) is 0 Å². The van der Waals surface area contributed by atoms with Gasteiger partial charge in [0.15, 0.2) is 11.5 Å². The number of halogens is 1. The van der Waals surface area contributed by atoms with E-state index in [9.17, 15) is 5.11 Å². The van der Waals surface area contributed by atoms with E-state index in [1.165, 1.54) is 14.2 Å². The second-order valence-corrected chi connectivity index (χ2v) is 3.49. The van der Waals surface area contributed by atoms with Crippen molar-refractivity contribution in [2.75, 3.05) is 14.2 Å². The van der Waals surface area contributed by atoms with E-state index < -0.39 is 0 Å². The fraction of sp³-hybridized carbons (Fsp3) is 0.455. The highest BCUT2D eigenvalue weighted by molar-refractivity contribution is 5.85. The van der Waals surface area contributed by atoms with E-state index in [1.54, 1.807) is 12.1 Å². The molecule has 1 unspecified atom stereocenters. The third-order valence-electron chi connectivity index (χ3n) is 2.14. The summed E-state index contributed by atoms with van der Waals surface area (Å²) in [6.45, 7) is 1.89. The molecular weight excluding hydrogens is 230 g/mol. The van der Waals surface area contributed by atoms with Gasteiger partial charge in [-0.15, -0.1) is 12.4 Å². The van der Waals surface area contributed by atoms with Crippen LogP contribution in [0.2, 0.25) is 0 Å². The lowest BCUT2D eigenvalue weighted by Gasteiger charge is -2.13. The summed E-state index contributed by atoms with van der Waals surface area (Å²) in [5.41, 5.74) is 6.44. The van der Waals surface area contributed by atoms with E-state index in [4.69, 9.17) is 15.2 Å². The monoisotopic (exact) mass is 247 g/mol. The van der Waals surface area contributed by atoms with Gasteiger partial charge in [0.25, 0.3) is 0 Å². The van der Waals surface area contributed by atoms with Crippen molar-refractivity contribution >= 4 is 12.4 Å². The standard InChI is InChI=1S/C11H17NO3.ClH/c1-7(12)6-8-4-5-9(14-2)11(15-3)10(8)13;/h4-5,7,13H,6,12H2,1-3H3;1H. The molecule has 16 heavy (non-hydrogen) atoms. The number of hydrogen-bond acceptors (Lipinski definition) is 4. The lowest BCUT2D eigenvalue weighted by Crippen LogP contribution is -2.17. The number of nitrogens with two attached hydrogens (primary N) is 1. The van der Waals surface area contributed by atoms with E-state index >= 15 is 0 Å². The Kier molecular flexibility index (Phi) is 6.00. The van der Waals surface area contributed by atoms with Gasteiger partial charge in [0.2, 0.25) is 5.75 Å². The Morgan fingerprint density at radius 3 is 2.38 bits per heavy atom. The summed E-state index contributed by atoms with van der Waals surface area (Å²) in [4.78, 5) is 0. The van der Waals surface area contributed by atoms with Crippen molar-refractivity contribution in [2.45, 2.75) is 19.4 Å². The lowest BCUT2D eigenvalue weighted by atomic mass is 10.1. The van der Waals surface area contributed by atoms with Gasteiger partial charge in [0.05, 0.1) is 14.2 Å². The maximum Gasteiger partial charge on any atom is 0.203 e. The molecule has 3 N–H and O–H groups in total. The van der Waals surface area contributed by atoms with Crippen LogP contribution in [0.3, 0.4) is 0 Å². The summed E-state index contributed by atoms with van der Waals surface area (Å²) in [5.74, 6) is 0.980. The molecule has 5 heteroatoms. The molecule has 0 saturated carbocycles. The van der Waals surface area contributed by atoms with Crippen LogP contribution in [-0.4, -0.2) is 25.4 Å². The number of phenolic OH excluding ortho intramolecular Hbond substituents is 1. The highest BCUT2D eigenvalue weighted by Crippen LogP contribution is 2.39. The molecule has 4 nitrogen and oxygen atoms in total. The van der Waals surface area contributed by atoms with Gasteiger partial charge in [-0.2, -0.15) is 0 Å². The molecule has 0 saturated heterocycles. The van der Waals surface area contributed by atoms with Crippen LogP contribution in [0.1, 0.15) is 12.5 Å². The highest BCUT2D eigenvalue weighted by Gasteiger charge is 2.14. The number of benzene rings is 1. The predicted octanol–water partition coefficient (Wildman–Crippen LogP) is 1.72. The molecular formula is C11H18ClNO3. The van der Waals surface area contributed by atoms with Crippen LogP contribution in [0, 0.1) is 0 Å². The minimum atomic E-state index is -0.00555. The molecule has 0 fully saturated rings. The second-order valence-electron chi connectivity index (χ2n) is 3.49. The first-order valence-electron chi connectivity index (χ1n) is 4.78. The van der Waals surface area contributed by atoms with Crippen molar-refractivity contribution in [3.63, 3.8) is 0 Å². The Bertz CT molecular complexity index is 342. The lowest BCUT2D eigenvalue weighted by molar-refractivity contribution is 0.331. The largest absolute Gasteiger partial charge is 0.504 e. The smallest absolute Gasteiger partial charge is 0.203 e. The average Bonchev–Trinajstić information content (AvgIpc) is 2.20. The normalized spacial score (nSPS) is 11.5. The molecule has 0 aliphatic heterocycles. The van der Waals surface area contributed by atoms with E-state index in [0.29, 0.717) is 17.9 Å². The van der Waals surface area contributed by atoms with E-state index in [-0.39, 0.29) is 24.2 Å². The average molecular weight is 248 g/mol. The molecule has 0 aliphatic rings. The zero-order valence-electron chi connectivity index (χ0n) is 9.69. The third-order valence-corrected chi connectivity index (χ3v) is 2.14. The van der Waals surface area contributed by atoms with E-state index in [1.807, 2.05) is 6.92 Å². The minimum Gasteiger partial charge on any atom is -0.504 e. The molecule has 92 valence electrons. The second kappa shape index (κ2) is 6.45. The van der Waals surface area contributed by atoms with Gasteiger partial charge < -0.3 is 20.3 Å². The number of rotatable bonds is 4. The van der Waals surface area contributed by atoms with Gasteiger partial charge >= 0.3 is 0 Å². The quantitative estimate of drug-likeness (QED) is 0.850. The van der Waals surface area contributed by atoms with Crippen LogP contribution in [0.5, 0.6) is 17.2 Å². The van der Waals surface area contributed by atoms with Gasteiger partial charge in [0.1, 0.15) is 0 Å². The van der Waals surface area contributed by atoms with Crippen LogP contribution in [-0.2, 0) is 6.42 Å². The summed E-state index contributed by atoms with van der Waals surface area (Å²) in [6, 6.07) is 3.55. The van der Waals surface area contributed by atoms with Crippen molar-refractivity contribution < 1.29 is 14.6 Å². The molecule has 1 aromatic carbocycles. The molecule has 0 bridgehead atoms. The maximum absolute atomic E-state index is 9.89. The number of aromatic hydroxyl groups is 1. The predicted molar refractivity (Wildman–Crippen MR) is 65.8 cm³/mol. The molecule has 0 heterocycles. The Hall–Kier alpha value is -1.13. The molecule has 1 atom stereocenters. The van der Waals surface area contributed by atoms with E-state index in [0.717, 1.165) is 5.56 Å². The summed E-state index contributed by atoms with van der Waals surface area (Å²) < 4.78 is 10.1. The Labute approximate surface area is 102 Å². The molecule has 0 aromatic heterocycles. The highest BCUT2D eigenvalue weighted by atomic mass is 35.5. The van der Waals surface area contributed by atoms with Crippen LogP contribution in [0.4, 0.5) is 0 Å². The van der Waals surface area contributed by atoms with Crippen LogP contribution >= 0.6 is 12.4 Å². The SMILES string of the molecule is COc1ccc(CC(C)N)c(O)c1OC.Cl. The summed E-state index contributed by atoms with van der Waals surface area (Å²) in [6.07, 6.45) is 0.603. The van der Waals surface area contributed by atoms with Gasteiger partial charge in [-0.1, -0.05) is 6.07 Å². The minimum absolute atomic E-state index is 0. The third kappa shape index (κ3) is 3.18. The molecule has 0 spiro atoms. The van der Waals surface area contributed by atoms with Crippen molar-refractivity contribution in [3.8, 4) is 17.2 Å². The van der Waals surface area contributed by atoms with Crippen LogP contribution in [0.15, 0.2) is 12.1 Å². The first-order chi connectivity index (χ1) is 7.10. The molecule has 0 aliphatic carbocycles. The fourth-order valence-electron chi connectivity index (χ4n) is 1.46. The number of hydrogen-bond donors (Lipinski definition) is 2. The van der Waals surface area contributed by atoms with Crippen molar-refractivity contribution in [1.82, 2.24) is 0 Å². The summed E-state index contributed by atoms with van der Waals surface area (Å²) in [5, 5.41) is 9.89. The van der Waals surface area contributed by atoms with Gasteiger partial charge in [-0.3, -0.25) is 0 Å². The van der Waals surface area contributed by atoms with Gasteiger partial charge in [0, 0.05) is 6.04 Å². The maximum atomic E-state index is 9.89. The van der Waals surface area contributed by atoms with Crippen LogP contribution < -0.4 is 15.2 Å². The Balaban J connectivity index is 0.00000225.